The first-order valence-corrected chi connectivity index (χ1v) is 8.21. The largest absolute Gasteiger partial charge is 0.333 e. The van der Waals surface area contributed by atoms with Crippen LogP contribution in [0.1, 0.15) is 52.0 Å². The van der Waals surface area contributed by atoms with Crippen LogP contribution in [0.3, 0.4) is 0 Å². The highest BCUT2D eigenvalue weighted by atomic mass is 15.2. The maximum absolute atomic E-state index is 4.21. The molecule has 0 amide bonds. The van der Waals surface area contributed by atoms with Crippen LogP contribution in [0.4, 0.5) is 0 Å². The van der Waals surface area contributed by atoms with Crippen LogP contribution in [0.5, 0.6) is 0 Å². The number of piperidine rings is 1. The number of rotatable bonds is 4. The minimum absolute atomic E-state index is 0.612. The summed E-state index contributed by atoms with van der Waals surface area (Å²) in [5.41, 5.74) is 0. The molecule has 4 nitrogen and oxygen atoms in total. The van der Waals surface area contributed by atoms with Gasteiger partial charge in [-0.2, -0.15) is 0 Å². The summed E-state index contributed by atoms with van der Waals surface area (Å²) < 4.78 is 2.30. The second-order valence-corrected chi connectivity index (χ2v) is 6.69. The van der Waals surface area contributed by atoms with Gasteiger partial charge in [0.05, 0.1) is 6.33 Å². The fourth-order valence-corrected chi connectivity index (χ4v) is 3.84. The Bertz CT molecular complexity index is 393. The summed E-state index contributed by atoms with van der Waals surface area (Å²) in [6.45, 7) is 7.11. The molecule has 20 heavy (non-hydrogen) atoms. The predicted octanol–water partition coefficient (Wildman–Crippen LogP) is 2.44. The standard InChI is InChI=1S/C16H28N4/c1-13(2)19-9-6-14(7-10-19)18-15-4-3-5-16(15)20-11-8-17-12-20/h8,11-16,18H,3-7,9-10H2,1-2H3. The van der Waals surface area contributed by atoms with Crippen molar-refractivity contribution in [3.8, 4) is 0 Å². The molecule has 1 aromatic rings. The smallest absolute Gasteiger partial charge is 0.0949 e. The molecule has 0 bridgehead atoms. The minimum atomic E-state index is 0.612. The SMILES string of the molecule is CC(C)N1CCC(NC2CCCC2n2ccnc2)CC1. The highest BCUT2D eigenvalue weighted by Gasteiger charge is 2.31. The molecule has 2 fully saturated rings. The Morgan fingerprint density at radius 2 is 1.95 bits per heavy atom. The lowest BCUT2D eigenvalue weighted by molar-refractivity contribution is 0.153. The molecule has 0 radical (unpaired) electrons. The van der Waals surface area contributed by atoms with Crippen molar-refractivity contribution in [1.29, 1.82) is 0 Å². The van der Waals surface area contributed by atoms with Crippen molar-refractivity contribution in [2.75, 3.05) is 13.1 Å². The quantitative estimate of drug-likeness (QED) is 0.917. The fraction of sp³-hybridized carbons (Fsp3) is 0.812. The average Bonchev–Trinajstić information content (AvgIpc) is 3.09. The number of nitrogens with zero attached hydrogens (tertiary/aromatic N) is 3. The molecule has 112 valence electrons. The molecule has 2 aliphatic rings. The third-order valence-corrected chi connectivity index (χ3v) is 5.10. The van der Waals surface area contributed by atoms with Crippen molar-refractivity contribution >= 4 is 0 Å². The van der Waals surface area contributed by atoms with Gasteiger partial charge < -0.3 is 14.8 Å². The lowest BCUT2D eigenvalue weighted by atomic mass is 10.0. The van der Waals surface area contributed by atoms with Gasteiger partial charge in [0.2, 0.25) is 0 Å². The Balaban J connectivity index is 1.53. The Morgan fingerprint density at radius 3 is 2.60 bits per heavy atom. The predicted molar refractivity (Wildman–Crippen MR) is 81.8 cm³/mol. The molecule has 4 heteroatoms. The Labute approximate surface area is 122 Å². The van der Waals surface area contributed by atoms with Crippen LogP contribution in [0, 0.1) is 0 Å². The Hall–Kier alpha value is -0.870. The molecule has 1 N–H and O–H groups in total. The van der Waals surface area contributed by atoms with Gasteiger partial charge >= 0.3 is 0 Å². The van der Waals surface area contributed by atoms with Gasteiger partial charge in [0.25, 0.3) is 0 Å². The molecular weight excluding hydrogens is 248 g/mol. The van der Waals surface area contributed by atoms with Crippen molar-refractivity contribution in [3.05, 3.63) is 18.7 Å². The zero-order valence-corrected chi connectivity index (χ0v) is 12.8. The topological polar surface area (TPSA) is 33.1 Å². The third-order valence-electron chi connectivity index (χ3n) is 5.10. The van der Waals surface area contributed by atoms with E-state index in [0.29, 0.717) is 24.2 Å². The van der Waals surface area contributed by atoms with Gasteiger partial charge in [-0.25, -0.2) is 4.98 Å². The van der Waals surface area contributed by atoms with E-state index in [1.54, 1.807) is 0 Å². The van der Waals surface area contributed by atoms with E-state index < -0.39 is 0 Å². The molecule has 1 aliphatic carbocycles. The van der Waals surface area contributed by atoms with Crippen LogP contribution in [0.15, 0.2) is 18.7 Å². The van der Waals surface area contributed by atoms with Crippen LogP contribution >= 0.6 is 0 Å². The van der Waals surface area contributed by atoms with Crippen LogP contribution in [-0.4, -0.2) is 45.7 Å². The van der Waals surface area contributed by atoms with Gasteiger partial charge in [0, 0.05) is 36.6 Å². The first kappa shape index (κ1) is 14.1. The molecule has 0 aromatic carbocycles. The summed E-state index contributed by atoms with van der Waals surface area (Å²) in [6, 6.07) is 2.65. The van der Waals surface area contributed by atoms with Gasteiger partial charge in [0.1, 0.15) is 0 Å². The number of likely N-dealkylation sites (tertiary alicyclic amines) is 1. The number of nitrogens with one attached hydrogen (secondary N) is 1. The van der Waals surface area contributed by atoms with Crippen LogP contribution < -0.4 is 5.32 Å². The van der Waals surface area contributed by atoms with Crippen molar-refractivity contribution in [1.82, 2.24) is 19.8 Å². The van der Waals surface area contributed by atoms with E-state index in [0.717, 1.165) is 0 Å². The van der Waals surface area contributed by atoms with Crippen LogP contribution in [-0.2, 0) is 0 Å². The van der Waals surface area contributed by atoms with E-state index in [4.69, 9.17) is 0 Å². The molecule has 1 aliphatic heterocycles. The lowest BCUT2D eigenvalue weighted by Crippen LogP contribution is -2.48. The van der Waals surface area contributed by atoms with E-state index in [1.165, 1.54) is 45.2 Å². The Kier molecular flexibility index (Phi) is 4.41. The maximum Gasteiger partial charge on any atom is 0.0949 e. The van der Waals surface area contributed by atoms with E-state index in [9.17, 15) is 0 Å². The van der Waals surface area contributed by atoms with Crippen molar-refractivity contribution < 1.29 is 0 Å². The molecule has 2 heterocycles. The Morgan fingerprint density at radius 1 is 1.15 bits per heavy atom. The molecule has 1 saturated carbocycles. The minimum Gasteiger partial charge on any atom is -0.333 e. The summed E-state index contributed by atoms with van der Waals surface area (Å²) in [5.74, 6) is 0. The second-order valence-electron chi connectivity index (χ2n) is 6.69. The van der Waals surface area contributed by atoms with Crippen molar-refractivity contribution in [3.63, 3.8) is 0 Å². The van der Waals surface area contributed by atoms with E-state index in [2.05, 4.69) is 39.8 Å². The number of hydrogen-bond donors (Lipinski definition) is 1. The summed E-state index contributed by atoms with van der Waals surface area (Å²) in [7, 11) is 0. The maximum atomic E-state index is 4.21. The number of aromatic nitrogens is 2. The van der Waals surface area contributed by atoms with E-state index in [1.807, 2.05) is 12.5 Å². The van der Waals surface area contributed by atoms with Gasteiger partial charge in [-0.3, -0.25) is 0 Å². The zero-order chi connectivity index (χ0) is 13.9. The molecule has 2 atom stereocenters. The first-order chi connectivity index (χ1) is 9.74. The highest BCUT2D eigenvalue weighted by molar-refractivity contribution is 4.94. The van der Waals surface area contributed by atoms with Crippen LogP contribution in [0.2, 0.25) is 0 Å². The average molecular weight is 276 g/mol. The molecule has 1 aromatic heterocycles. The molecule has 2 unspecified atom stereocenters. The third kappa shape index (κ3) is 3.07. The van der Waals surface area contributed by atoms with Crippen LogP contribution in [0.25, 0.3) is 0 Å². The number of hydrogen-bond acceptors (Lipinski definition) is 3. The van der Waals surface area contributed by atoms with Crippen molar-refractivity contribution in [2.45, 2.75) is 70.1 Å². The molecule has 0 spiro atoms. The molecular formula is C16H28N4. The van der Waals surface area contributed by atoms with Gasteiger partial charge in [0.15, 0.2) is 0 Å². The molecule has 1 saturated heterocycles. The summed E-state index contributed by atoms with van der Waals surface area (Å²) in [6.07, 6.45) is 12.5. The van der Waals surface area contributed by atoms with Gasteiger partial charge in [-0.05, 0) is 59.0 Å². The zero-order valence-electron chi connectivity index (χ0n) is 12.8. The highest BCUT2D eigenvalue weighted by Crippen LogP contribution is 2.31. The van der Waals surface area contributed by atoms with Crippen molar-refractivity contribution in [2.24, 2.45) is 0 Å². The first-order valence-electron chi connectivity index (χ1n) is 8.21. The summed E-state index contributed by atoms with van der Waals surface area (Å²) in [5, 5.41) is 3.94. The fourth-order valence-electron chi connectivity index (χ4n) is 3.84. The second kappa shape index (κ2) is 6.27. The lowest BCUT2D eigenvalue weighted by Gasteiger charge is -2.37. The van der Waals surface area contributed by atoms with E-state index >= 15 is 0 Å². The van der Waals surface area contributed by atoms with Gasteiger partial charge in [-0.15, -0.1) is 0 Å². The summed E-state index contributed by atoms with van der Waals surface area (Å²) in [4.78, 5) is 6.80. The van der Waals surface area contributed by atoms with E-state index in [-0.39, 0.29) is 0 Å². The summed E-state index contributed by atoms with van der Waals surface area (Å²) >= 11 is 0. The monoisotopic (exact) mass is 276 g/mol. The normalized spacial score (nSPS) is 29.4. The molecule has 3 rings (SSSR count). The van der Waals surface area contributed by atoms with Gasteiger partial charge in [-0.1, -0.05) is 0 Å². The number of imidazole rings is 1.